The van der Waals surface area contributed by atoms with Crippen LogP contribution in [0.15, 0.2) is 48.5 Å². The van der Waals surface area contributed by atoms with Crippen LogP contribution in [0.3, 0.4) is 0 Å². The molecule has 6 heteroatoms. The Morgan fingerprint density at radius 1 is 1.08 bits per heavy atom. The molecule has 1 unspecified atom stereocenters. The molecule has 2 aromatic rings. The second-order valence-electron chi connectivity index (χ2n) is 6.59. The summed E-state index contributed by atoms with van der Waals surface area (Å²) in [7, 11) is 0. The molecule has 1 fully saturated rings. The molecule has 1 aliphatic heterocycles. The Bertz CT molecular complexity index is 746. The minimum Gasteiger partial charge on any atom is -0.322 e. The van der Waals surface area contributed by atoms with Gasteiger partial charge >= 0.3 is 0 Å². The average Bonchev–Trinajstić information content (AvgIpc) is 2.65. The molecule has 1 saturated heterocycles. The van der Waals surface area contributed by atoms with Crippen molar-refractivity contribution in [1.29, 1.82) is 0 Å². The molecule has 1 amide bonds. The van der Waals surface area contributed by atoms with Gasteiger partial charge in [-0.25, -0.2) is 8.78 Å². The van der Waals surface area contributed by atoms with Crippen LogP contribution >= 0.6 is 0 Å². The molecule has 3 rings (SSSR count). The van der Waals surface area contributed by atoms with Crippen LogP contribution in [-0.4, -0.2) is 47.9 Å². The fourth-order valence-corrected chi connectivity index (χ4v) is 3.15. The minimum absolute atomic E-state index is 0.121. The molecule has 138 valence electrons. The standard InChI is InChI=1S/C20H23F2N3O/c1-15(20(26)23-19-13-17(21)7-8-18(19)22)25-11-9-24(10-12-25)14-16-5-3-2-4-6-16/h2-8,13,15H,9-12,14H2,1H3,(H,23,26). The highest BCUT2D eigenvalue weighted by atomic mass is 19.1. The van der Waals surface area contributed by atoms with Crippen molar-refractivity contribution < 1.29 is 13.6 Å². The second-order valence-corrected chi connectivity index (χ2v) is 6.59. The maximum Gasteiger partial charge on any atom is 0.241 e. The van der Waals surface area contributed by atoms with Gasteiger partial charge < -0.3 is 5.32 Å². The van der Waals surface area contributed by atoms with E-state index >= 15 is 0 Å². The number of nitrogens with zero attached hydrogens (tertiary/aromatic N) is 2. The molecule has 2 aromatic carbocycles. The van der Waals surface area contributed by atoms with Gasteiger partial charge in [0.15, 0.2) is 0 Å². The fourth-order valence-electron chi connectivity index (χ4n) is 3.15. The van der Waals surface area contributed by atoms with E-state index in [0.29, 0.717) is 0 Å². The molecule has 1 N–H and O–H groups in total. The SMILES string of the molecule is CC(C(=O)Nc1cc(F)ccc1F)N1CCN(Cc2ccccc2)CC1. The van der Waals surface area contributed by atoms with Crippen LogP contribution in [0.25, 0.3) is 0 Å². The lowest BCUT2D eigenvalue weighted by Gasteiger charge is -2.37. The Labute approximate surface area is 152 Å². The van der Waals surface area contributed by atoms with Crippen LogP contribution in [0.5, 0.6) is 0 Å². The van der Waals surface area contributed by atoms with Gasteiger partial charge in [0.05, 0.1) is 11.7 Å². The third kappa shape index (κ3) is 4.65. The van der Waals surface area contributed by atoms with Crippen molar-refractivity contribution in [1.82, 2.24) is 9.80 Å². The molecule has 1 aliphatic rings. The van der Waals surface area contributed by atoms with Crippen LogP contribution in [0.1, 0.15) is 12.5 Å². The Hall–Kier alpha value is -2.31. The normalized spacial score (nSPS) is 17.0. The maximum atomic E-state index is 13.7. The number of hydrogen-bond acceptors (Lipinski definition) is 3. The number of hydrogen-bond donors (Lipinski definition) is 1. The summed E-state index contributed by atoms with van der Waals surface area (Å²) in [6.45, 7) is 5.92. The third-order valence-electron chi connectivity index (χ3n) is 4.77. The highest BCUT2D eigenvalue weighted by Gasteiger charge is 2.26. The number of halogens is 2. The van der Waals surface area contributed by atoms with Crippen LogP contribution in [0, 0.1) is 11.6 Å². The highest BCUT2D eigenvalue weighted by molar-refractivity contribution is 5.94. The number of rotatable bonds is 5. The summed E-state index contributed by atoms with van der Waals surface area (Å²) >= 11 is 0. The first-order valence-corrected chi connectivity index (χ1v) is 8.79. The lowest BCUT2D eigenvalue weighted by atomic mass is 10.1. The summed E-state index contributed by atoms with van der Waals surface area (Å²) in [4.78, 5) is 16.8. The van der Waals surface area contributed by atoms with Gasteiger partial charge in [0, 0.05) is 38.8 Å². The first-order valence-electron chi connectivity index (χ1n) is 8.79. The molecule has 0 aromatic heterocycles. The van der Waals surface area contributed by atoms with E-state index in [0.717, 1.165) is 50.9 Å². The predicted octanol–water partition coefficient (Wildman–Crippen LogP) is 3.11. The van der Waals surface area contributed by atoms with E-state index < -0.39 is 17.7 Å². The van der Waals surface area contributed by atoms with Gasteiger partial charge in [0.2, 0.25) is 5.91 Å². The van der Waals surface area contributed by atoms with E-state index in [1.165, 1.54) is 5.56 Å². The van der Waals surface area contributed by atoms with E-state index in [2.05, 4.69) is 27.2 Å². The van der Waals surface area contributed by atoms with E-state index in [4.69, 9.17) is 0 Å². The zero-order chi connectivity index (χ0) is 18.5. The van der Waals surface area contributed by atoms with Crippen molar-refractivity contribution in [3.05, 3.63) is 65.7 Å². The van der Waals surface area contributed by atoms with E-state index in [1.54, 1.807) is 6.92 Å². The first kappa shape index (κ1) is 18.5. The van der Waals surface area contributed by atoms with Gasteiger partial charge in [-0.1, -0.05) is 30.3 Å². The number of carbonyl (C=O) groups is 1. The van der Waals surface area contributed by atoms with Gasteiger partial charge in [0.1, 0.15) is 11.6 Å². The Kier molecular flexibility index (Phi) is 5.96. The van der Waals surface area contributed by atoms with Crippen molar-refractivity contribution in [3.8, 4) is 0 Å². The molecule has 1 atom stereocenters. The summed E-state index contributed by atoms with van der Waals surface area (Å²) in [6.07, 6.45) is 0. The molecule has 0 aliphatic carbocycles. The first-order chi connectivity index (χ1) is 12.5. The smallest absolute Gasteiger partial charge is 0.241 e. The Morgan fingerprint density at radius 2 is 1.77 bits per heavy atom. The summed E-state index contributed by atoms with van der Waals surface area (Å²) < 4.78 is 26.9. The molecule has 26 heavy (non-hydrogen) atoms. The molecular weight excluding hydrogens is 336 g/mol. The summed E-state index contributed by atoms with van der Waals surface area (Å²) in [5.41, 5.74) is 1.15. The number of anilines is 1. The lowest BCUT2D eigenvalue weighted by Crippen LogP contribution is -2.52. The van der Waals surface area contributed by atoms with Crippen LogP contribution < -0.4 is 5.32 Å². The van der Waals surface area contributed by atoms with Gasteiger partial charge in [-0.2, -0.15) is 0 Å². The number of carbonyl (C=O) groups excluding carboxylic acids is 1. The quantitative estimate of drug-likeness (QED) is 0.891. The third-order valence-corrected chi connectivity index (χ3v) is 4.77. The minimum atomic E-state index is -0.639. The van der Waals surface area contributed by atoms with Gasteiger partial charge in [0.25, 0.3) is 0 Å². The maximum absolute atomic E-state index is 13.7. The van der Waals surface area contributed by atoms with E-state index in [9.17, 15) is 13.6 Å². The van der Waals surface area contributed by atoms with Crippen molar-refractivity contribution in [2.75, 3.05) is 31.5 Å². The predicted molar refractivity (Wildman–Crippen MR) is 97.7 cm³/mol. The molecule has 0 saturated carbocycles. The molecule has 0 radical (unpaired) electrons. The van der Waals surface area contributed by atoms with Crippen LogP contribution in [0.4, 0.5) is 14.5 Å². The van der Waals surface area contributed by atoms with Crippen molar-refractivity contribution in [2.24, 2.45) is 0 Å². The number of benzene rings is 2. The number of piperazine rings is 1. The Morgan fingerprint density at radius 3 is 2.46 bits per heavy atom. The summed E-state index contributed by atoms with van der Waals surface area (Å²) in [5.74, 6) is -1.55. The zero-order valence-electron chi connectivity index (χ0n) is 14.8. The molecule has 4 nitrogen and oxygen atoms in total. The molecular formula is C20H23F2N3O. The highest BCUT2D eigenvalue weighted by Crippen LogP contribution is 2.17. The van der Waals surface area contributed by atoms with Crippen molar-refractivity contribution >= 4 is 11.6 Å². The van der Waals surface area contributed by atoms with E-state index in [-0.39, 0.29) is 11.6 Å². The molecule has 0 bridgehead atoms. The summed E-state index contributed by atoms with van der Waals surface area (Å²) in [5, 5.41) is 2.49. The van der Waals surface area contributed by atoms with Gasteiger partial charge in [-0.3, -0.25) is 14.6 Å². The zero-order valence-corrected chi connectivity index (χ0v) is 14.8. The average molecular weight is 359 g/mol. The van der Waals surface area contributed by atoms with Crippen LogP contribution in [-0.2, 0) is 11.3 Å². The fraction of sp³-hybridized carbons (Fsp3) is 0.350. The lowest BCUT2D eigenvalue weighted by molar-refractivity contribution is -0.121. The number of nitrogens with one attached hydrogen (secondary N) is 1. The van der Waals surface area contributed by atoms with Crippen molar-refractivity contribution in [3.63, 3.8) is 0 Å². The Balaban J connectivity index is 1.52. The number of amides is 1. The monoisotopic (exact) mass is 359 g/mol. The summed E-state index contributed by atoms with van der Waals surface area (Å²) in [6, 6.07) is 12.9. The molecule has 1 heterocycles. The van der Waals surface area contributed by atoms with Crippen LogP contribution in [0.2, 0.25) is 0 Å². The second kappa shape index (κ2) is 8.38. The van der Waals surface area contributed by atoms with Crippen molar-refractivity contribution in [2.45, 2.75) is 19.5 Å². The largest absolute Gasteiger partial charge is 0.322 e. The van der Waals surface area contributed by atoms with E-state index in [1.807, 2.05) is 18.2 Å². The van der Waals surface area contributed by atoms with Gasteiger partial charge in [-0.15, -0.1) is 0 Å². The molecule has 0 spiro atoms. The van der Waals surface area contributed by atoms with Gasteiger partial charge in [-0.05, 0) is 24.6 Å². The topological polar surface area (TPSA) is 35.6 Å².